The molecule has 2 aliphatic heterocycles. The van der Waals surface area contributed by atoms with Crippen LogP contribution < -0.4 is 0 Å². The van der Waals surface area contributed by atoms with Gasteiger partial charge in [0.25, 0.3) is 5.91 Å². The van der Waals surface area contributed by atoms with E-state index in [2.05, 4.69) is 24.0 Å². The molecule has 3 aromatic rings. The molecule has 1 amide bonds. The third kappa shape index (κ3) is 4.53. The maximum atomic E-state index is 14.1. The van der Waals surface area contributed by atoms with Crippen molar-refractivity contribution in [3.63, 3.8) is 0 Å². The number of piperazine rings is 1. The van der Waals surface area contributed by atoms with Crippen LogP contribution in [-0.4, -0.2) is 66.1 Å². The summed E-state index contributed by atoms with van der Waals surface area (Å²) < 4.78 is 11.4. The summed E-state index contributed by atoms with van der Waals surface area (Å²) in [5.74, 6) is 1.40. The van der Waals surface area contributed by atoms with E-state index >= 15 is 0 Å². The average Bonchev–Trinajstić information content (AvgIpc) is 3.57. The summed E-state index contributed by atoms with van der Waals surface area (Å²) in [7, 11) is 0. The highest BCUT2D eigenvalue weighted by Gasteiger charge is 2.32. The molecule has 1 aliphatic carbocycles. The SMILES string of the molecule is CC1C/C(=C/c2ccco2)c2nc3ccccc3c(C(=O)N3CCN(CC4CCCO4)CC3)c2C1. The van der Waals surface area contributed by atoms with Crippen LogP contribution >= 0.6 is 0 Å². The molecule has 6 rings (SSSR count). The summed E-state index contributed by atoms with van der Waals surface area (Å²) in [5, 5.41) is 0.962. The van der Waals surface area contributed by atoms with Gasteiger partial charge in [0.2, 0.25) is 0 Å². The number of ether oxygens (including phenoxy) is 1. The number of allylic oxidation sites excluding steroid dienone is 1. The van der Waals surface area contributed by atoms with E-state index in [1.807, 2.05) is 35.2 Å². The predicted molar refractivity (Wildman–Crippen MR) is 137 cm³/mol. The lowest BCUT2D eigenvalue weighted by molar-refractivity contribution is 0.0433. The number of carbonyl (C=O) groups is 1. The third-order valence-corrected chi connectivity index (χ3v) is 7.64. The van der Waals surface area contributed by atoms with Crippen molar-refractivity contribution in [2.24, 2.45) is 5.92 Å². The quantitative estimate of drug-likeness (QED) is 0.542. The molecule has 0 N–H and O–H groups in total. The number of carbonyl (C=O) groups excluding carboxylic acids is 1. The molecule has 1 aromatic carbocycles. The van der Waals surface area contributed by atoms with Crippen LogP contribution in [-0.2, 0) is 11.2 Å². The normalized spacial score (nSPS) is 24.3. The van der Waals surface area contributed by atoms with Crippen molar-refractivity contribution < 1.29 is 13.9 Å². The first-order valence-electron chi connectivity index (χ1n) is 12.9. The number of aromatic nitrogens is 1. The first-order chi connectivity index (χ1) is 17.2. The molecular formula is C29H33N3O3. The monoisotopic (exact) mass is 471 g/mol. The van der Waals surface area contributed by atoms with Crippen molar-refractivity contribution in [3.8, 4) is 0 Å². The van der Waals surface area contributed by atoms with Gasteiger partial charge in [-0.25, -0.2) is 4.98 Å². The number of amides is 1. The van der Waals surface area contributed by atoms with Gasteiger partial charge in [0.15, 0.2) is 0 Å². The van der Waals surface area contributed by atoms with E-state index in [4.69, 9.17) is 14.1 Å². The van der Waals surface area contributed by atoms with Crippen molar-refractivity contribution in [3.05, 3.63) is 65.2 Å². The van der Waals surface area contributed by atoms with Gasteiger partial charge in [0, 0.05) is 44.7 Å². The van der Waals surface area contributed by atoms with E-state index in [1.54, 1.807) is 6.26 Å². The Bertz CT molecular complexity index is 1240. The molecule has 2 saturated heterocycles. The van der Waals surface area contributed by atoms with E-state index in [1.165, 1.54) is 0 Å². The second-order valence-electron chi connectivity index (χ2n) is 10.3. The average molecular weight is 472 g/mol. The smallest absolute Gasteiger partial charge is 0.254 e. The summed E-state index contributed by atoms with van der Waals surface area (Å²) >= 11 is 0. The molecule has 6 heteroatoms. The fraction of sp³-hybridized carbons (Fsp3) is 0.448. The lowest BCUT2D eigenvalue weighted by Crippen LogP contribution is -2.50. The Hall–Kier alpha value is -2.96. The van der Waals surface area contributed by atoms with Crippen LogP contribution in [0.3, 0.4) is 0 Å². The number of rotatable bonds is 4. The lowest BCUT2D eigenvalue weighted by atomic mass is 9.80. The predicted octanol–water partition coefficient (Wildman–Crippen LogP) is 4.89. The van der Waals surface area contributed by atoms with Gasteiger partial charge in [-0.3, -0.25) is 9.69 Å². The van der Waals surface area contributed by atoms with E-state index in [0.29, 0.717) is 12.0 Å². The fourth-order valence-corrected chi connectivity index (χ4v) is 5.89. The van der Waals surface area contributed by atoms with Gasteiger partial charge in [-0.15, -0.1) is 0 Å². The minimum absolute atomic E-state index is 0.142. The largest absolute Gasteiger partial charge is 0.465 e. The van der Waals surface area contributed by atoms with Crippen molar-refractivity contribution in [1.29, 1.82) is 0 Å². The van der Waals surface area contributed by atoms with Crippen LogP contribution in [0.25, 0.3) is 22.6 Å². The number of pyridine rings is 1. The molecule has 2 aromatic heterocycles. The summed E-state index contributed by atoms with van der Waals surface area (Å²) in [4.78, 5) is 23.6. The molecule has 2 fully saturated rings. The van der Waals surface area contributed by atoms with Gasteiger partial charge < -0.3 is 14.1 Å². The molecule has 2 atom stereocenters. The maximum absolute atomic E-state index is 14.1. The minimum atomic E-state index is 0.142. The van der Waals surface area contributed by atoms with Crippen LogP contribution in [0.15, 0.2) is 47.1 Å². The Morgan fingerprint density at radius 2 is 1.97 bits per heavy atom. The zero-order valence-corrected chi connectivity index (χ0v) is 20.4. The lowest BCUT2D eigenvalue weighted by Gasteiger charge is -2.36. The van der Waals surface area contributed by atoms with Crippen LogP contribution in [0.1, 0.15) is 53.6 Å². The van der Waals surface area contributed by atoms with E-state index < -0.39 is 0 Å². The number of hydrogen-bond acceptors (Lipinski definition) is 5. The van der Waals surface area contributed by atoms with Gasteiger partial charge in [0.05, 0.1) is 29.1 Å². The van der Waals surface area contributed by atoms with Crippen LogP contribution in [0.4, 0.5) is 0 Å². The van der Waals surface area contributed by atoms with E-state index in [-0.39, 0.29) is 5.91 Å². The highest BCUT2D eigenvalue weighted by molar-refractivity contribution is 6.09. The highest BCUT2D eigenvalue weighted by Crippen LogP contribution is 2.39. The van der Waals surface area contributed by atoms with Gasteiger partial charge in [-0.1, -0.05) is 25.1 Å². The summed E-state index contributed by atoms with van der Waals surface area (Å²) in [6, 6.07) is 12.0. The molecule has 182 valence electrons. The maximum Gasteiger partial charge on any atom is 0.254 e. The number of hydrogen-bond donors (Lipinski definition) is 0. The number of fused-ring (bicyclic) bond motifs is 2. The number of benzene rings is 1. The zero-order chi connectivity index (χ0) is 23.8. The summed E-state index contributed by atoms with van der Waals surface area (Å²) in [6.07, 6.45) is 8.25. The topological polar surface area (TPSA) is 58.8 Å². The molecule has 0 spiro atoms. The number of nitrogens with zero attached hydrogens (tertiary/aromatic N) is 3. The third-order valence-electron chi connectivity index (χ3n) is 7.64. The standard InChI is InChI=1S/C29H33N3O3/c1-20-16-21(18-22-6-4-14-34-22)28-25(17-20)27(24-8-2-3-9-26(24)30-28)29(33)32-12-10-31(11-13-32)19-23-7-5-15-35-23/h2-4,6,8-9,14,18,20,23H,5,7,10-13,15-17,19H2,1H3/b21-18-. The fourth-order valence-electron chi connectivity index (χ4n) is 5.89. The molecule has 4 heterocycles. The Morgan fingerprint density at radius 3 is 2.74 bits per heavy atom. The molecule has 0 bridgehead atoms. The van der Waals surface area contributed by atoms with Crippen molar-refractivity contribution in [2.75, 3.05) is 39.3 Å². The van der Waals surface area contributed by atoms with Crippen molar-refractivity contribution >= 4 is 28.5 Å². The molecule has 35 heavy (non-hydrogen) atoms. The van der Waals surface area contributed by atoms with Gasteiger partial charge in [-0.2, -0.15) is 0 Å². The number of furan rings is 1. The Balaban J connectivity index is 1.34. The Labute approximate surface area is 206 Å². The molecule has 3 aliphatic rings. The molecule has 0 radical (unpaired) electrons. The first-order valence-corrected chi connectivity index (χ1v) is 12.9. The van der Waals surface area contributed by atoms with E-state index in [9.17, 15) is 4.79 Å². The van der Waals surface area contributed by atoms with Gasteiger partial charge in [-0.05, 0) is 67.0 Å². The molecular weight excluding hydrogens is 438 g/mol. The molecule has 2 unspecified atom stereocenters. The van der Waals surface area contributed by atoms with Crippen molar-refractivity contribution in [1.82, 2.24) is 14.8 Å². The molecule has 6 nitrogen and oxygen atoms in total. The van der Waals surface area contributed by atoms with Crippen LogP contribution in [0.5, 0.6) is 0 Å². The van der Waals surface area contributed by atoms with Crippen LogP contribution in [0, 0.1) is 5.92 Å². The van der Waals surface area contributed by atoms with Gasteiger partial charge in [0.1, 0.15) is 5.76 Å². The summed E-state index contributed by atoms with van der Waals surface area (Å²) in [5.41, 5.74) is 4.92. The Kier molecular flexibility index (Phi) is 6.17. The second kappa shape index (κ2) is 9.59. The first kappa shape index (κ1) is 22.5. The summed E-state index contributed by atoms with van der Waals surface area (Å²) in [6.45, 7) is 7.43. The number of para-hydroxylation sites is 1. The van der Waals surface area contributed by atoms with Crippen molar-refractivity contribution in [2.45, 2.75) is 38.7 Å². The Morgan fingerprint density at radius 1 is 1.11 bits per heavy atom. The van der Waals surface area contributed by atoms with Crippen LogP contribution in [0.2, 0.25) is 0 Å². The zero-order valence-electron chi connectivity index (χ0n) is 20.4. The van der Waals surface area contributed by atoms with Gasteiger partial charge >= 0.3 is 0 Å². The molecule has 0 saturated carbocycles. The minimum Gasteiger partial charge on any atom is -0.465 e. The highest BCUT2D eigenvalue weighted by atomic mass is 16.5. The second-order valence-corrected chi connectivity index (χ2v) is 10.3. The van der Waals surface area contributed by atoms with E-state index in [0.717, 1.165) is 104 Å².